The third-order valence-corrected chi connectivity index (χ3v) is 11.0. The molecule has 0 saturated carbocycles. The second-order valence-electron chi connectivity index (χ2n) is 15.1. The molecule has 0 bridgehead atoms. The van der Waals surface area contributed by atoms with Crippen molar-refractivity contribution < 1.29 is 0 Å². The van der Waals surface area contributed by atoms with E-state index in [1.54, 1.807) is 0 Å². The van der Waals surface area contributed by atoms with Crippen LogP contribution in [-0.2, 0) is 6.54 Å². The highest BCUT2D eigenvalue weighted by atomic mass is 15.0. The Morgan fingerprint density at radius 2 is 1.05 bits per heavy atom. The normalized spacial score (nSPS) is 11.1. The Morgan fingerprint density at radius 1 is 0.541 bits per heavy atom. The molecule has 0 atom stereocenters. The standard InChI is InChI=1S/C42H32N2.C7H8N2.C7H9N/c1-4-5-11-30-27-42-36(24-29(30)3)38-26-32(19-23-41(38)44(42)34-20-16-28(2)17-21-34)31-18-22-40-37(25-31)35-14-9-10-15-39(35)43(40)33-12-7-6-8-13-33;8-7(9)6-4-2-1-3-5-6;8-6-7-4-2-1-3-5-7/h4-27H,1H2,2-3H3;1-5H,(H3,8,9);1-5H,6,8H2/b11-5-;;. The molecule has 0 radical (unpaired) electrons. The summed E-state index contributed by atoms with van der Waals surface area (Å²) in [7, 11) is 0. The molecule has 0 fully saturated rings. The topological polar surface area (TPSA) is 85.8 Å². The number of amidine groups is 1. The monoisotopic (exact) mass is 791 g/mol. The van der Waals surface area contributed by atoms with Gasteiger partial charge in [0.05, 0.1) is 22.1 Å². The van der Waals surface area contributed by atoms with Gasteiger partial charge in [-0.05, 0) is 108 Å². The third-order valence-electron chi connectivity index (χ3n) is 11.0. The molecular formula is C56H49N5. The number of rotatable bonds is 7. The van der Waals surface area contributed by atoms with Crippen molar-refractivity contribution in [2.45, 2.75) is 20.4 Å². The zero-order valence-electron chi connectivity index (χ0n) is 34.6. The number of nitrogens with one attached hydrogen (secondary N) is 1. The molecule has 2 heterocycles. The molecule has 10 aromatic rings. The van der Waals surface area contributed by atoms with Gasteiger partial charge in [0.2, 0.25) is 0 Å². The van der Waals surface area contributed by atoms with Gasteiger partial charge in [-0.1, -0.05) is 152 Å². The molecule has 0 spiro atoms. The Kier molecular flexibility index (Phi) is 11.8. The Labute approximate surface area is 357 Å². The van der Waals surface area contributed by atoms with E-state index in [9.17, 15) is 0 Å². The summed E-state index contributed by atoms with van der Waals surface area (Å²) in [6.07, 6.45) is 5.99. The van der Waals surface area contributed by atoms with E-state index in [4.69, 9.17) is 16.9 Å². The van der Waals surface area contributed by atoms with E-state index in [0.29, 0.717) is 6.54 Å². The van der Waals surface area contributed by atoms with Crippen LogP contribution in [0.25, 0.3) is 72.2 Å². The lowest BCUT2D eigenvalue weighted by atomic mass is 9.99. The number of benzene rings is 8. The molecule has 0 saturated heterocycles. The van der Waals surface area contributed by atoms with Crippen molar-refractivity contribution in [2.24, 2.45) is 11.5 Å². The van der Waals surface area contributed by atoms with Gasteiger partial charge in [-0.2, -0.15) is 0 Å². The summed E-state index contributed by atoms with van der Waals surface area (Å²) >= 11 is 0. The van der Waals surface area contributed by atoms with E-state index in [-0.39, 0.29) is 5.84 Å². The van der Waals surface area contributed by atoms with Crippen molar-refractivity contribution in [2.75, 3.05) is 0 Å². The molecular weight excluding hydrogens is 743 g/mol. The first-order valence-electron chi connectivity index (χ1n) is 20.5. The first-order chi connectivity index (χ1) is 29.8. The molecule has 298 valence electrons. The van der Waals surface area contributed by atoms with Crippen molar-refractivity contribution in [3.63, 3.8) is 0 Å². The number of hydrogen-bond donors (Lipinski definition) is 3. The van der Waals surface area contributed by atoms with E-state index in [1.807, 2.05) is 72.8 Å². The van der Waals surface area contributed by atoms with Gasteiger partial charge in [0, 0.05) is 45.0 Å². The number of allylic oxidation sites excluding steroid dienone is 2. The van der Waals surface area contributed by atoms with Crippen molar-refractivity contribution in [3.8, 4) is 22.5 Å². The average molecular weight is 792 g/mol. The predicted octanol–water partition coefficient (Wildman–Crippen LogP) is 13.5. The number of nitrogen functional groups attached to an aromatic ring is 1. The second kappa shape index (κ2) is 18.0. The largest absolute Gasteiger partial charge is 0.384 e. The summed E-state index contributed by atoms with van der Waals surface area (Å²) in [6.45, 7) is 8.84. The van der Waals surface area contributed by atoms with Crippen LogP contribution in [-0.4, -0.2) is 15.0 Å². The molecule has 10 rings (SSSR count). The van der Waals surface area contributed by atoms with Crippen molar-refractivity contribution in [3.05, 3.63) is 235 Å². The van der Waals surface area contributed by atoms with Gasteiger partial charge in [0.25, 0.3) is 0 Å². The van der Waals surface area contributed by atoms with Gasteiger partial charge in [-0.25, -0.2) is 0 Å². The van der Waals surface area contributed by atoms with E-state index in [2.05, 4.69) is 163 Å². The van der Waals surface area contributed by atoms with E-state index < -0.39 is 0 Å². The van der Waals surface area contributed by atoms with Crippen molar-refractivity contribution >= 4 is 55.5 Å². The van der Waals surface area contributed by atoms with Gasteiger partial charge >= 0.3 is 0 Å². The van der Waals surface area contributed by atoms with Gasteiger partial charge in [0.1, 0.15) is 5.84 Å². The molecule has 0 aliphatic carbocycles. The molecule has 0 amide bonds. The zero-order chi connectivity index (χ0) is 42.3. The number of fused-ring (bicyclic) bond motifs is 6. The van der Waals surface area contributed by atoms with Crippen LogP contribution in [0.2, 0.25) is 0 Å². The maximum Gasteiger partial charge on any atom is 0.122 e. The lowest BCUT2D eigenvalue weighted by molar-refractivity contribution is 1.07. The number of para-hydroxylation sites is 2. The lowest BCUT2D eigenvalue weighted by Gasteiger charge is -2.10. The average Bonchev–Trinajstić information content (AvgIpc) is 3.81. The van der Waals surface area contributed by atoms with Crippen LogP contribution in [0.1, 0.15) is 27.8 Å². The predicted molar refractivity (Wildman–Crippen MR) is 261 cm³/mol. The third kappa shape index (κ3) is 8.42. The fourth-order valence-corrected chi connectivity index (χ4v) is 7.93. The minimum Gasteiger partial charge on any atom is -0.384 e. The first-order valence-corrected chi connectivity index (χ1v) is 20.5. The maximum absolute atomic E-state index is 7.01. The highest BCUT2D eigenvalue weighted by molar-refractivity contribution is 6.13. The van der Waals surface area contributed by atoms with Gasteiger partial charge in [0.15, 0.2) is 0 Å². The molecule has 2 aromatic heterocycles. The number of aromatic nitrogens is 2. The Bertz CT molecular complexity index is 3150. The maximum atomic E-state index is 7.01. The molecule has 8 aromatic carbocycles. The highest BCUT2D eigenvalue weighted by Gasteiger charge is 2.17. The second-order valence-corrected chi connectivity index (χ2v) is 15.1. The van der Waals surface area contributed by atoms with Crippen LogP contribution >= 0.6 is 0 Å². The zero-order valence-corrected chi connectivity index (χ0v) is 34.6. The van der Waals surface area contributed by atoms with E-state index >= 15 is 0 Å². The fraction of sp³-hybridized carbons (Fsp3) is 0.0536. The summed E-state index contributed by atoms with van der Waals surface area (Å²) in [4.78, 5) is 0. The molecule has 5 heteroatoms. The summed E-state index contributed by atoms with van der Waals surface area (Å²) in [5.41, 5.74) is 25.8. The highest BCUT2D eigenvalue weighted by Crippen LogP contribution is 2.39. The Morgan fingerprint density at radius 3 is 1.62 bits per heavy atom. The number of nitrogens with zero attached hydrogens (tertiary/aromatic N) is 2. The van der Waals surface area contributed by atoms with Crippen LogP contribution in [0.3, 0.4) is 0 Å². The molecule has 0 unspecified atom stereocenters. The fourth-order valence-electron chi connectivity index (χ4n) is 7.93. The molecule has 61 heavy (non-hydrogen) atoms. The summed E-state index contributed by atoms with van der Waals surface area (Å²) in [5, 5.41) is 12.1. The Balaban J connectivity index is 0.000000251. The minimum atomic E-state index is 0.121. The van der Waals surface area contributed by atoms with Gasteiger partial charge in [-0.15, -0.1) is 0 Å². The number of hydrogen-bond acceptors (Lipinski definition) is 2. The van der Waals surface area contributed by atoms with Crippen molar-refractivity contribution in [1.29, 1.82) is 5.41 Å². The number of nitrogens with two attached hydrogens (primary N) is 2. The quantitative estimate of drug-likeness (QED) is 0.0853. The van der Waals surface area contributed by atoms with Gasteiger partial charge in [-0.3, -0.25) is 5.41 Å². The van der Waals surface area contributed by atoms with E-state index in [1.165, 1.54) is 88.4 Å². The SMILES string of the molecule is C=C/C=C\c1cc2c(cc1C)c1cc(-c3ccc4c(c3)c3ccccc3n4-c3ccccc3)ccc1n2-c1ccc(C)cc1.N=C(N)c1ccccc1.NCc1ccccc1. The molecule has 0 aliphatic heterocycles. The number of aryl methyl sites for hydroxylation is 2. The summed E-state index contributed by atoms with van der Waals surface area (Å²) in [5.74, 6) is 0.121. The van der Waals surface area contributed by atoms with Crippen LogP contribution < -0.4 is 11.5 Å². The first kappa shape index (κ1) is 40.1. The van der Waals surface area contributed by atoms with Crippen LogP contribution in [0.4, 0.5) is 0 Å². The van der Waals surface area contributed by atoms with Gasteiger partial charge < -0.3 is 20.6 Å². The summed E-state index contributed by atoms with van der Waals surface area (Å²) < 4.78 is 4.77. The molecule has 5 nitrogen and oxygen atoms in total. The molecule has 5 N–H and O–H groups in total. The van der Waals surface area contributed by atoms with Crippen LogP contribution in [0, 0.1) is 19.3 Å². The summed E-state index contributed by atoms with van der Waals surface area (Å²) in [6, 6.07) is 65.9. The smallest absolute Gasteiger partial charge is 0.122 e. The Hall–Kier alpha value is -7.73. The van der Waals surface area contributed by atoms with Crippen LogP contribution in [0.15, 0.2) is 207 Å². The molecule has 0 aliphatic rings. The van der Waals surface area contributed by atoms with Crippen LogP contribution in [0.5, 0.6) is 0 Å². The van der Waals surface area contributed by atoms with E-state index in [0.717, 1.165) is 5.56 Å². The lowest BCUT2D eigenvalue weighted by Crippen LogP contribution is -2.10. The minimum absolute atomic E-state index is 0.121. The van der Waals surface area contributed by atoms with Crippen molar-refractivity contribution in [1.82, 2.24) is 9.13 Å².